The van der Waals surface area contributed by atoms with Crippen LogP contribution in [0.4, 0.5) is 4.79 Å². The van der Waals surface area contributed by atoms with Gasteiger partial charge in [0, 0.05) is 10.9 Å². The zero-order valence-corrected chi connectivity index (χ0v) is 13.5. The number of nitrogens with zero attached hydrogens (tertiary/aromatic N) is 1. The van der Waals surface area contributed by atoms with E-state index in [1.165, 1.54) is 6.26 Å². The van der Waals surface area contributed by atoms with Gasteiger partial charge < -0.3 is 13.9 Å². The molecule has 0 spiro atoms. The van der Waals surface area contributed by atoms with Gasteiger partial charge in [-0.05, 0) is 37.1 Å². The van der Waals surface area contributed by atoms with E-state index in [2.05, 4.69) is 4.74 Å². The van der Waals surface area contributed by atoms with Gasteiger partial charge in [0.25, 0.3) is 5.91 Å². The number of hydrogen-bond acceptors (Lipinski definition) is 6. The van der Waals surface area contributed by atoms with Gasteiger partial charge in [0.15, 0.2) is 6.61 Å². The van der Waals surface area contributed by atoms with Gasteiger partial charge in [-0.15, -0.1) is 0 Å². The second kappa shape index (κ2) is 6.35. The van der Waals surface area contributed by atoms with Crippen LogP contribution in [-0.2, 0) is 25.5 Å². The number of esters is 1. The highest BCUT2D eigenvalue weighted by Gasteiger charge is 2.29. The highest BCUT2D eigenvalue weighted by molar-refractivity contribution is 5.94. The van der Waals surface area contributed by atoms with E-state index in [0.29, 0.717) is 11.1 Å². The van der Waals surface area contributed by atoms with Crippen molar-refractivity contribution in [2.45, 2.75) is 20.3 Å². The van der Waals surface area contributed by atoms with E-state index in [9.17, 15) is 14.4 Å². The summed E-state index contributed by atoms with van der Waals surface area (Å²) in [6.45, 7) is 3.83. The molecule has 1 aliphatic rings. The van der Waals surface area contributed by atoms with E-state index in [-0.39, 0.29) is 19.6 Å². The maximum atomic E-state index is 12.0. The third kappa shape index (κ3) is 3.10. The fourth-order valence-corrected chi connectivity index (χ4v) is 2.52. The van der Waals surface area contributed by atoms with Gasteiger partial charge in [0.1, 0.15) is 12.2 Å². The average molecular weight is 331 g/mol. The first-order chi connectivity index (χ1) is 11.5. The molecule has 1 aromatic carbocycles. The van der Waals surface area contributed by atoms with Gasteiger partial charge in [-0.1, -0.05) is 0 Å². The Labute approximate surface area is 138 Å². The Hall–Kier alpha value is -2.83. The van der Waals surface area contributed by atoms with Gasteiger partial charge in [0.05, 0.1) is 19.2 Å². The van der Waals surface area contributed by atoms with Crippen molar-refractivity contribution in [1.82, 2.24) is 4.90 Å². The molecule has 24 heavy (non-hydrogen) atoms. The quantitative estimate of drug-likeness (QED) is 0.798. The minimum Gasteiger partial charge on any atom is -0.464 e. The third-order valence-corrected chi connectivity index (χ3v) is 4.02. The molecule has 2 amide bonds. The Bertz CT molecular complexity index is 822. The van der Waals surface area contributed by atoms with Crippen molar-refractivity contribution >= 4 is 28.9 Å². The molecule has 0 atom stereocenters. The molecule has 2 aromatic rings. The second-order valence-electron chi connectivity index (χ2n) is 5.69. The monoisotopic (exact) mass is 331 g/mol. The van der Waals surface area contributed by atoms with Crippen molar-refractivity contribution in [2.75, 3.05) is 19.8 Å². The standard InChI is InChI=1S/C17H17NO6/c1-10-5-13-12(8-23-14(13)6-11(10)2)7-16(20)24-9-15(19)18-3-4-22-17(18)21/h5-6,8H,3-4,7,9H2,1-2H3. The smallest absolute Gasteiger partial charge is 0.416 e. The van der Waals surface area contributed by atoms with Crippen molar-refractivity contribution in [1.29, 1.82) is 0 Å². The molecule has 0 radical (unpaired) electrons. The molecule has 1 aliphatic heterocycles. The molecule has 0 N–H and O–H groups in total. The van der Waals surface area contributed by atoms with Crippen LogP contribution in [0, 0.1) is 13.8 Å². The number of furan rings is 1. The first kappa shape index (κ1) is 16.0. The summed E-state index contributed by atoms with van der Waals surface area (Å²) >= 11 is 0. The maximum absolute atomic E-state index is 12.0. The summed E-state index contributed by atoms with van der Waals surface area (Å²) in [5, 5.41) is 0.851. The first-order valence-electron chi connectivity index (χ1n) is 7.56. The molecule has 0 bridgehead atoms. The summed E-state index contributed by atoms with van der Waals surface area (Å²) in [4.78, 5) is 35.9. The number of ether oxygens (including phenoxy) is 2. The lowest BCUT2D eigenvalue weighted by atomic mass is 10.0. The molecule has 2 heterocycles. The average Bonchev–Trinajstić information content (AvgIpc) is 3.13. The second-order valence-corrected chi connectivity index (χ2v) is 5.69. The number of aryl methyl sites for hydroxylation is 2. The summed E-state index contributed by atoms with van der Waals surface area (Å²) in [5.41, 5.74) is 3.61. The normalized spacial score (nSPS) is 14.1. The van der Waals surface area contributed by atoms with Crippen molar-refractivity contribution in [3.8, 4) is 0 Å². The van der Waals surface area contributed by atoms with Crippen molar-refractivity contribution in [3.63, 3.8) is 0 Å². The highest BCUT2D eigenvalue weighted by atomic mass is 16.6. The molecular weight excluding hydrogens is 314 g/mol. The number of rotatable bonds is 4. The summed E-state index contributed by atoms with van der Waals surface area (Å²) in [7, 11) is 0. The molecule has 0 saturated carbocycles. The summed E-state index contributed by atoms with van der Waals surface area (Å²) in [5.74, 6) is -1.15. The Kier molecular flexibility index (Phi) is 4.24. The van der Waals surface area contributed by atoms with Crippen LogP contribution in [0.5, 0.6) is 0 Å². The molecule has 0 unspecified atom stereocenters. The minimum absolute atomic E-state index is 0.00672. The van der Waals surface area contributed by atoms with E-state index in [1.54, 1.807) is 0 Å². The largest absolute Gasteiger partial charge is 0.464 e. The fraction of sp³-hybridized carbons (Fsp3) is 0.353. The molecule has 7 nitrogen and oxygen atoms in total. The van der Waals surface area contributed by atoms with Crippen molar-refractivity contribution in [2.24, 2.45) is 0 Å². The number of cyclic esters (lactones) is 1. The van der Waals surface area contributed by atoms with E-state index in [4.69, 9.17) is 9.15 Å². The number of amides is 2. The predicted octanol–water partition coefficient (Wildman–Crippen LogP) is 2.11. The third-order valence-electron chi connectivity index (χ3n) is 4.02. The number of carbonyl (C=O) groups is 3. The lowest BCUT2D eigenvalue weighted by Crippen LogP contribution is -2.35. The van der Waals surface area contributed by atoms with Gasteiger partial charge in [-0.2, -0.15) is 0 Å². The van der Waals surface area contributed by atoms with Crippen LogP contribution in [0.1, 0.15) is 16.7 Å². The minimum atomic E-state index is -0.706. The molecule has 7 heteroatoms. The van der Waals surface area contributed by atoms with Crippen LogP contribution in [0.25, 0.3) is 11.0 Å². The lowest BCUT2D eigenvalue weighted by Gasteiger charge is -2.10. The van der Waals surface area contributed by atoms with Crippen LogP contribution < -0.4 is 0 Å². The zero-order valence-electron chi connectivity index (χ0n) is 13.5. The number of benzene rings is 1. The Balaban J connectivity index is 1.62. The molecule has 0 aliphatic carbocycles. The van der Waals surface area contributed by atoms with Crippen LogP contribution in [0.3, 0.4) is 0 Å². The van der Waals surface area contributed by atoms with Crippen LogP contribution in [-0.4, -0.2) is 42.6 Å². The predicted molar refractivity (Wildman–Crippen MR) is 83.4 cm³/mol. The van der Waals surface area contributed by atoms with Gasteiger partial charge in [-0.3, -0.25) is 9.59 Å². The fourth-order valence-electron chi connectivity index (χ4n) is 2.52. The topological polar surface area (TPSA) is 86.1 Å². The van der Waals surface area contributed by atoms with Crippen molar-refractivity contribution in [3.05, 3.63) is 35.1 Å². The summed E-state index contributed by atoms with van der Waals surface area (Å²) in [6.07, 6.45) is 0.806. The SMILES string of the molecule is Cc1cc2occ(CC(=O)OCC(=O)N3CCOC3=O)c2cc1C. The van der Waals surface area contributed by atoms with E-state index in [0.717, 1.165) is 21.4 Å². The lowest BCUT2D eigenvalue weighted by molar-refractivity contribution is -0.150. The van der Waals surface area contributed by atoms with Gasteiger partial charge in [0.2, 0.25) is 0 Å². The molecule has 3 rings (SSSR count). The number of carbonyl (C=O) groups excluding carboxylic acids is 3. The Morgan fingerprint density at radius 1 is 1.25 bits per heavy atom. The molecule has 1 aromatic heterocycles. The van der Waals surface area contributed by atoms with E-state index < -0.39 is 24.6 Å². The molecule has 126 valence electrons. The van der Waals surface area contributed by atoms with Gasteiger partial charge >= 0.3 is 12.1 Å². The van der Waals surface area contributed by atoms with E-state index in [1.807, 2.05) is 26.0 Å². The van der Waals surface area contributed by atoms with Crippen LogP contribution >= 0.6 is 0 Å². The maximum Gasteiger partial charge on any atom is 0.416 e. The Morgan fingerprint density at radius 3 is 2.71 bits per heavy atom. The van der Waals surface area contributed by atoms with Crippen LogP contribution in [0.15, 0.2) is 22.8 Å². The number of hydrogen-bond donors (Lipinski definition) is 0. The molecule has 1 saturated heterocycles. The molecular formula is C17H17NO6. The van der Waals surface area contributed by atoms with E-state index >= 15 is 0 Å². The van der Waals surface area contributed by atoms with Gasteiger partial charge in [-0.25, -0.2) is 9.69 Å². The van der Waals surface area contributed by atoms with Crippen molar-refractivity contribution < 1.29 is 28.3 Å². The summed E-state index contributed by atoms with van der Waals surface area (Å²) < 4.78 is 15.1. The Morgan fingerprint density at radius 2 is 2.00 bits per heavy atom. The molecule has 1 fully saturated rings. The first-order valence-corrected chi connectivity index (χ1v) is 7.56. The van der Waals surface area contributed by atoms with Crippen LogP contribution in [0.2, 0.25) is 0 Å². The number of imide groups is 1. The highest BCUT2D eigenvalue weighted by Crippen LogP contribution is 2.25. The zero-order chi connectivity index (χ0) is 17.3. The number of fused-ring (bicyclic) bond motifs is 1. The summed E-state index contributed by atoms with van der Waals surface area (Å²) in [6, 6.07) is 3.88.